The second kappa shape index (κ2) is 6.20. The van der Waals surface area contributed by atoms with Crippen molar-refractivity contribution in [1.29, 1.82) is 0 Å². The van der Waals surface area contributed by atoms with Crippen molar-refractivity contribution < 1.29 is 9.26 Å². The van der Waals surface area contributed by atoms with E-state index in [2.05, 4.69) is 48.1 Å². The zero-order valence-electron chi connectivity index (χ0n) is 13.1. The molecule has 1 aromatic heterocycles. The Balaban J connectivity index is 2.11. The van der Waals surface area contributed by atoms with Crippen LogP contribution in [0.4, 0.5) is 0 Å². The molecule has 1 aliphatic heterocycles. The van der Waals surface area contributed by atoms with E-state index in [4.69, 9.17) is 9.26 Å². The van der Waals surface area contributed by atoms with Crippen molar-refractivity contribution in [2.45, 2.75) is 39.8 Å². The average Bonchev–Trinajstić information content (AvgIpc) is 2.87. The molecule has 1 aliphatic rings. The van der Waals surface area contributed by atoms with Crippen LogP contribution in [-0.2, 0) is 4.74 Å². The minimum Gasteiger partial charge on any atom is -0.373 e. The van der Waals surface area contributed by atoms with Crippen molar-refractivity contribution in [3.05, 3.63) is 11.7 Å². The Bertz CT molecular complexity index is 421. The number of hydrogen-bond donors (Lipinski definition) is 1. The molecule has 0 saturated carbocycles. The summed E-state index contributed by atoms with van der Waals surface area (Å²) < 4.78 is 11.0. The number of aromatic nitrogens is 2. The highest BCUT2D eigenvalue weighted by Gasteiger charge is 2.32. The molecule has 2 heterocycles. The van der Waals surface area contributed by atoms with Crippen molar-refractivity contribution in [3.8, 4) is 0 Å². The third-order valence-electron chi connectivity index (χ3n) is 3.77. The average molecular weight is 282 g/mol. The molecule has 1 saturated heterocycles. The zero-order chi connectivity index (χ0) is 14.8. The smallest absolute Gasteiger partial charge is 0.243 e. The van der Waals surface area contributed by atoms with Gasteiger partial charge in [-0.05, 0) is 12.3 Å². The van der Waals surface area contributed by atoms with E-state index in [1.807, 2.05) is 0 Å². The molecule has 20 heavy (non-hydrogen) atoms. The van der Waals surface area contributed by atoms with Gasteiger partial charge in [-0.3, -0.25) is 4.90 Å². The Morgan fingerprint density at radius 2 is 1.95 bits per heavy atom. The van der Waals surface area contributed by atoms with Crippen molar-refractivity contribution in [2.75, 3.05) is 33.3 Å². The molecule has 0 radical (unpaired) electrons. The van der Waals surface area contributed by atoms with E-state index in [-0.39, 0.29) is 17.6 Å². The number of nitrogens with zero attached hydrogens (tertiary/aromatic N) is 3. The molecule has 1 fully saturated rings. The van der Waals surface area contributed by atoms with Crippen LogP contribution in [0.2, 0.25) is 0 Å². The quantitative estimate of drug-likeness (QED) is 0.908. The molecular formula is C14H26N4O2. The lowest BCUT2D eigenvalue weighted by Gasteiger charge is -2.30. The first-order valence-electron chi connectivity index (χ1n) is 7.24. The lowest BCUT2D eigenvalue weighted by atomic mass is 9.88. The molecule has 114 valence electrons. The highest BCUT2D eigenvalue weighted by molar-refractivity contribution is 4.99. The normalized spacial score (nSPS) is 20.9. The maximum Gasteiger partial charge on any atom is 0.243 e. The first kappa shape index (κ1) is 15.4. The summed E-state index contributed by atoms with van der Waals surface area (Å²) in [5.74, 6) is 1.31. The number of methoxy groups -OCH3 is 1. The van der Waals surface area contributed by atoms with Gasteiger partial charge in [-0.1, -0.05) is 25.9 Å². The Morgan fingerprint density at radius 1 is 1.30 bits per heavy atom. The van der Waals surface area contributed by atoms with Crippen LogP contribution in [0.15, 0.2) is 4.52 Å². The lowest BCUT2D eigenvalue weighted by molar-refractivity contribution is 0.00718. The van der Waals surface area contributed by atoms with E-state index in [0.717, 1.165) is 26.2 Å². The Morgan fingerprint density at radius 3 is 2.50 bits per heavy atom. The largest absolute Gasteiger partial charge is 0.373 e. The summed E-state index contributed by atoms with van der Waals surface area (Å²) in [5, 5.41) is 7.46. The fraction of sp³-hybridized carbons (Fsp3) is 0.857. The monoisotopic (exact) mass is 282 g/mol. The fourth-order valence-corrected chi connectivity index (χ4v) is 2.60. The van der Waals surface area contributed by atoms with Crippen LogP contribution in [-0.4, -0.2) is 48.3 Å². The van der Waals surface area contributed by atoms with E-state index in [9.17, 15) is 0 Å². The predicted molar refractivity (Wildman–Crippen MR) is 76.4 cm³/mol. The molecule has 2 rings (SSSR count). The molecule has 6 heteroatoms. The first-order chi connectivity index (χ1) is 9.43. The van der Waals surface area contributed by atoms with Gasteiger partial charge in [0.1, 0.15) is 6.10 Å². The van der Waals surface area contributed by atoms with Crippen LogP contribution >= 0.6 is 0 Å². The molecular weight excluding hydrogens is 256 g/mol. The van der Waals surface area contributed by atoms with Crippen molar-refractivity contribution >= 4 is 0 Å². The van der Waals surface area contributed by atoms with Gasteiger partial charge < -0.3 is 14.6 Å². The maximum absolute atomic E-state index is 5.53. The molecule has 2 unspecified atom stereocenters. The lowest BCUT2D eigenvalue weighted by Crippen LogP contribution is -2.44. The molecule has 2 atom stereocenters. The van der Waals surface area contributed by atoms with Crippen molar-refractivity contribution in [2.24, 2.45) is 5.41 Å². The van der Waals surface area contributed by atoms with Gasteiger partial charge in [-0.15, -0.1) is 0 Å². The summed E-state index contributed by atoms with van der Waals surface area (Å²) in [7, 11) is 1.69. The van der Waals surface area contributed by atoms with Gasteiger partial charge in [0.15, 0.2) is 0 Å². The number of ether oxygens (including phenoxy) is 1. The third kappa shape index (κ3) is 3.37. The topological polar surface area (TPSA) is 63.4 Å². The maximum atomic E-state index is 5.53. The van der Waals surface area contributed by atoms with Crippen molar-refractivity contribution in [3.63, 3.8) is 0 Å². The highest BCUT2D eigenvalue weighted by atomic mass is 16.5. The molecule has 6 nitrogen and oxygen atoms in total. The van der Waals surface area contributed by atoms with Crippen LogP contribution in [0, 0.1) is 5.41 Å². The van der Waals surface area contributed by atoms with Crippen LogP contribution in [0.25, 0.3) is 0 Å². The molecule has 0 bridgehead atoms. The number of hydrogen-bond acceptors (Lipinski definition) is 6. The van der Waals surface area contributed by atoms with E-state index >= 15 is 0 Å². The Hall–Kier alpha value is -0.980. The van der Waals surface area contributed by atoms with Crippen molar-refractivity contribution in [1.82, 2.24) is 20.4 Å². The summed E-state index contributed by atoms with van der Waals surface area (Å²) in [6, 6.07) is 0.149. The van der Waals surface area contributed by atoms with E-state index in [1.165, 1.54) is 0 Å². The second-order valence-electron chi connectivity index (χ2n) is 6.43. The van der Waals surface area contributed by atoms with Gasteiger partial charge in [0.25, 0.3) is 0 Å². The minimum atomic E-state index is -0.157. The molecule has 0 aromatic carbocycles. The first-order valence-corrected chi connectivity index (χ1v) is 7.24. The van der Waals surface area contributed by atoms with Crippen LogP contribution in [0.3, 0.4) is 0 Å². The summed E-state index contributed by atoms with van der Waals surface area (Å²) in [5.41, 5.74) is -0.0613. The molecule has 1 aromatic rings. The molecule has 0 spiro atoms. The third-order valence-corrected chi connectivity index (χ3v) is 3.77. The number of rotatable bonds is 4. The van der Waals surface area contributed by atoms with Crippen LogP contribution in [0.1, 0.15) is 51.6 Å². The Kier molecular flexibility index (Phi) is 4.78. The van der Waals surface area contributed by atoms with E-state index in [1.54, 1.807) is 7.11 Å². The molecule has 1 N–H and O–H groups in total. The van der Waals surface area contributed by atoms with Gasteiger partial charge in [0, 0.05) is 33.3 Å². The Labute approximate surface area is 120 Å². The van der Waals surface area contributed by atoms with E-state index < -0.39 is 0 Å². The second-order valence-corrected chi connectivity index (χ2v) is 6.43. The predicted octanol–water partition coefficient (Wildman–Crippen LogP) is 1.77. The summed E-state index contributed by atoms with van der Waals surface area (Å²) in [6.07, 6.45) is -0.157. The van der Waals surface area contributed by atoms with Crippen LogP contribution in [0.5, 0.6) is 0 Å². The number of nitrogens with one attached hydrogen (secondary N) is 1. The SMILES string of the molecule is COC(c1noc(C(C)N2CCNCC2)n1)C(C)(C)C. The standard InChI is InChI=1S/C14H26N4O2/c1-10(18-8-6-15-7-9-18)13-16-12(17-20-13)11(19-5)14(2,3)4/h10-11,15H,6-9H2,1-5H3. The van der Waals surface area contributed by atoms with E-state index in [0.29, 0.717) is 11.7 Å². The van der Waals surface area contributed by atoms with Crippen LogP contribution < -0.4 is 5.32 Å². The highest BCUT2D eigenvalue weighted by Crippen LogP contribution is 2.34. The summed E-state index contributed by atoms with van der Waals surface area (Å²) >= 11 is 0. The summed E-state index contributed by atoms with van der Waals surface area (Å²) in [4.78, 5) is 6.91. The van der Waals surface area contributed by atoms with Gasteiger partial charge in [0.05, 0.1) is 6.04 Å². The summed E-state index contributed by atoms with van der Waals surface area (Å²) in [6.45, 7) is 12.5. The van der Waals surface area contributed by atoms with Gasteiger partial charge >= 0.3 is 0 Å². The number of piperazine rings is 1. The van der Waals surface area contributed by atoms with Gasteiger partial charge in [0.2, 0.25) is 11.7 Å². The molecule has 0 aliphatic carbocycles. The van der Waals surface area contributed by atoms with Gasteiger partial charge in [-0.2, -0.15) is 4.98 Å². The minimum absolute atomic E-state index is 0.0613. The molecule has 0 amide bonds. The van der Waals surface area contributed by atoms with Gasteiger partial charge in [-0.25, -0.2) is 0 Å². The fourth-order valence-electron chi connectivity index (χ4n) is 2.60. The zero-order valence-corrected chi connectivity index (χ0v) is 13.1.